The Hall–Kier alpha value is -1.88. The van der Waals surface area contributed by atoms with Crippen LogP contribution in [-0.4, -0.2) is 24.6 Å². The zero-order valence-electron chi connectivity index (χ0n) is 10.6. The Balaban J connectivity index is 2.36. The monoisotopic (exact) mass is 281 g/mol. The minimum Gasteiger partial charge on any atom is -0.348 e. The lowest BCUT2D eigenvalue weighted by atomic mass is 10.2. The number of nitrogens with zero attached hydrogens (tertiary/aromatic N) is 1. The molecule has 5 nitrogen and oxygen atoms in total. The van der Waals surface area contributed by atoms with Crippen molar-refractivity contribution in [2.45, 2.75) is 19.8 Å². The largest absolute Gasteiger partial charge is 0.348 e. The van der Waals surface area contributed by atoms with Gasteiger partial charge in [-0.1, -0.05) is 37.1 Å². The molecule has 2 amide bonds. The van der Waals surface area contributed by atoms with Crippen molar-refractivity contribution < 1.29 is 9.59 Å². The van der Waals surface area contributed by atoms with E-state index in [2.05, 4.69) is 15.8 Å². The van der Waals surface area contributed by atoms with E-state index < -0.39 is 11.8 Å². The predicted molar refractivity (Wildman–Crippen MR) is 75.1 cm³/mol. The molecule has 0 aliphatic carbocycles. The van der Waals surface area contributed by atoms with Gasteiger partial charge in [-0.3, -0.25) is 9.59 Å². The molecule has 2 N–H and O–H groups in total. The highest BCUT2D eigenvalue weighted by Crippen LogP contribution is 2.07. The molecule has 0 heterocycles. The molecule has 0 aliphatic heterocycles. The maximum absolute atomic E-state index is 11.3. The highest BCUT2D eigenvalue weighted by Gasteiger charge is 2.10. The lowest BCUT2D eigenvalue weighted by Gasteiger charge is -2.02. The van der Waals surface area contributed by atoms with Crippen molar-refractivity contribution in [1.82, 2.24) is 10.7 Å². The first-order valence-corrected chi connectivity index (χ1v) is 6.38. The number of hydrazone groups is 1. The number of nitrogens with one attached hydrogen (secondary N) is 2. The van der Waals surface area contributed by atoms with Gasteiger partial charge in [-0.2, -0.15) is 5.10 Å². The Morgan fingerprint density at radius 3 is 2.58 bits per heavy atom. The summed E-state index contributed by atoms with van der Waals surface area (Å²) in [5.41, 5.74) is 2.93. The maximum Gasteiger partial charge on any atom is 0.329 e. The lowest BCUT2D eigenvalue weighted by molar-refractivity contribution is -0.139. The van der Waals surface area contributed by atoms with Gasteiger partial charge in [-0.25, -0.2) is 5.43 Å². The third-order valence-electron chi connectivity index (χ3n) is 2.27. The topological polar surface area (TPSA) is 70.6 Å². The van der Waals surface area contributed by atoms with Crippen LogP contribution in [0.25, 0.3) is 0 Å². The standard InChI is InChI=1S/C13H16ClN3O2/c1-2-3-8-15-12(18)13(19)17-16-9-10-4-6-11(14)7-5-10/h4-7,9H,2-3,8H2,1H3,(H,15,18)(H,17,19)/b16-9+. The summed E-state index contributed by atoms with van der Waals surface area (Å²) in [5, 5.41) is 6.81. The first-order valence-electron chi connectivity index (χ1n) is 6.00. The molecule has 0 atom stereocenters. The SMILES string of the molecule is CCCCNC(=O)C(=O)N/N=C/c1ccc(Cl)cc1. The number of carbonyl (C=O) groups excluding carboxylic acids is 2. The van der Waals surface area contributed by atoms with Crippen LogP contribution in [0.1, 0.15) is 25.3 Å². The second-order valence-corrected chi connectivity index (χ2v) is 4.30. The van der Waals surface area contributed by atoms with Gasteiger partial charge in [0.05, 0.1) is 6.21 Å². The van der Waals surface area contributed by atoms with Gasteiger partial charge in [0.15, 0.2) is 0 Å². The molecular formula is C13H16ClN3O2. The van der Waals surface area contributed by atoms with Crippen LogP contribution in [0.5, 0.6) is 0 Å². The van der Waals surface area contributed by atoms with Crippen LogP contribution in [0.3, 0.4) is 0 Å². The third kappa shape index (κ3) is 6.01. The summed E-state index contributed by atoms with van der Waals surface area (Å²) in [7, 11) is 0. The summed E-state index contributed by atoms with van der Waals surface area (Å²) < 4.78 is 0. The summed E-state index contributed by atoms with van der Waals surface area (Å²) in [6.45, 7) is 2.49. The summed E-state index contributed by atoms with van der Waals surface area (Å²) >= 11 is 5.73. The van der Waals surface area contributed by atoms with E-state index in [-0.39, 0.29) is 0 Å². The molecule has 0 spiro atoms. The van der Waals surface area contributed by atoms with Crippen molar-refractivity contribution >= 4 is 29.6 Å². The normalized spacial score (nSPS) is 10.4. The van der Waals surface area contributed by atoms with Crippen LogP contribution < -0.4 is 10.7 Å². The summed E-state index contributed by atoms with van der Waals surface area (Å²) in [6.07, 6.45) is 3.23. The number of hydrogen-bond donors (Lipinski definition) is 2. The second-order valence-electron chi connectivity index (χ2n) is 3.86. The molecule has 6 heteroatoms. The van der Waals surface area contributed by atoms with Gasteiger partial charge in [0.25, 0.3) is 0 Å². The van der Waals surface area contributed by atoms with Crippen molar-refractivity contribution in [1.29, 1.82) is 0 Å². The lowest BCUT2D eigenvalue weighted by Crippen LogP contribution is -2.38. The Morgan fingerprint density at radius 2 is 1.95 bits per heavy atom. The van der Waals surface area contributed by atoms with Gasteiger partial charge in [-0.15, -0.1) is 0 Å². The number of hydrogen-bond acceptors (Lipinski definition) is 3. The average Bonchev–Trinajstić information content (AvgIpc) is 2.41. The minimum absolute atomic E-state index is 0.490. The van der Waals surface area contributed by atoms with Crippen LogP contribution in [0.4, 0.5) is 0 Å². The molecule has 0 aliphatic rings. The summed E-state index contributed by atoms with van der Waals surface area (Å²) in [6, 6.07) is 6.92. The van der Waals surface area contributed by atoms with Gasteiger partial charge < -0.3 is 5.32 Å². The molecule has 0 saturated carbocycles. The van der Waals surface area contributed by atoms with Crippen molar-refractivity contribution in [2.24, 2.45) is 5.10 Å². The van der Waals surface area contributed by atoms with Gasteiger partial charge in [-0.05, 0) is 24.1 Å². The van der Waals surface area contributed by atoms with E-state index in [1.54, 1.807) is 24.3 Å². The average molecular weight is 282 g/mol. The number of halogens is 1. The Morgan fingerprint density at radius 1 is 1.26 bits per heavy atom. The zero-order valence-corrected chi connectivity index (χ0v) is 11.4. The molecule has 0 aromatic heterocycles. The zero-order chi connectivity index (χ0) is 14.1. The Labute approximate surface area is 117 Å². The van der Waals surface area contributed by atoms with Gasteiger partial charge in [0.2, 0.25) is 0 Å². The molecule has 1 aromatic rings. The fraction of sp³-hybridized carbons (Fsp3) is 0.308. The third-order valence-corrected chi connectivity index (χ3v) is 2.52. The van der Waals surface area contributed by atoms with Crippen molar-refractivity contribution in [3.8, 4) is 0 Å². The molecule has 0 saturated heterocycles. The number of benzene rings is 1. The Kier molecular flexibility index (Phi) is 6.60. The van der Waals surface area contributed by atoms with Gasteiger partial charge >= 0.3 is 11.8 Å². The van der Waals surface area contributed by atoms with Crippen molar-refractivity contribution in [2.75, 3.05) is 6.54 Å². The van der Waals surface area contributed by atoms with Crippen LogP contribution in [0.15, 0.2) is 29.4 Å². The summed E-state index contributed by atoms with van der Waals surface area (Å²) in [4.78, 5) is 22.6. The van der Waals surface area contributed by atoms with Crippen LogP contribution in [-0.2, 0) is 9.59 Å². The number of amides is 2. The highest BCUT2D eigenvalue weighted by molar-refractivity contribution is 6.35. The quantitative estimate of drug-likeness (QED) is 0.373. The molecule has 0 radical (unpaired) electrons. The van der Waals surface area contributed by atoms with Crippen LogP contribution in [0.2, 0.25) is 5.02 Å². The molecule has 1 rings (SSSR count). The second kappa shape index (κ2) is 8.26. The van der Waals surface area contributed by atoms with E-state index in [1.165, 1.54) is 6.21 Å². The molecular weight excluding hydrogens is 266 g/mol. The van der Waals surface area contributed by atoms with Crippen molar-refractivity contribution in [3.05, 3.63) is 34.9 Å². The smallest absolute Gasteiger partial charge is 0.329 e. The minimum atomic E-state index is -0.777. The van der Waals surface area contributed by atoms with E-state index in [1.807, 2.05) is 6.92 Å². The van der Waals surface area contributed by atoms with Gasteiger partial charge in [0, 0.05) is 11.6 Å². The fourth-order valence-electron chi connectivity index (χ4n) is 1.22. The van der Waals surface area contributed by atoms with Crippen molar-refractivity contribution in [3.63, 3.8) is 0 Å². The first kappa shape index (κ1) is 15.2. The molecule has 1 aromatic carbocycles. The molecule has 19 heavy (non-hydrogen) atoms. The molecule has 0 fully saturated rings. The maximum atomic E-state index is 11.3. The first-order chi connectivity index (χ1) is 9.13. The fourth-order valence-corrected chi connectivity index (χ4v) is 1.35. The van der Waals surface area contributed by atoms with Gasteiger partial charge in [0.1, 0.15) is 0 Å². The predicted octanol–water partition coefficient (Wildman–Crippen LogP) is 1.71. The van der Waals surface area contributed by atoms with Crippen LogP contribution in [0, 0.1) is 0 Å². The van der Waals surface area contributed by atoms with E-state index in [4.69, 9.17) is 11.6 Å². The van der Waals surface area contributed by atoms with E-state index >= 15 is 0 Å². The number of rotatable bonds is 5. The van der Waals surface area contributed by atoms with E-state index in [0.29, 0.717) is 11.6 Å². The highest BCUT2D eigenvalue weighted by atomic mass is 35.5. The van der Waals surface area contributed by atoms with E-state index in [9.17, 15) is 9.59 Å². The molecule has 0 unspecified atom stereocenters. The Bertz CT molecular complexity index is 457. The van der Waals surface area contributed by atoms with Crippen LogP contribution >= 0.6 is 11.6 Å². The number of carbonyl (C=O) groups is 2. The number of unbranched alkanes of at least 4 members (excludes halogenated alkanes) is 1. The molecule has 102 valence electrons. The van der Waals surface area contributed by atoms with E-state index in [0.717, 1.165) is 18.4 Å². The summed E-state index contributed by atoms with van der Waals surface area (Å²) in [5.74, 6) is -1.46. The molecule has 0 bridgehead atoms.